The molecule has 1 aromatic heterocycles. The number of rotatable bonds is 4. The fraction of sp³-hybridized carbons (Fsp3) is 0. The number of carboxylic acid groups (broad SMARTS) is 1. The van der Waals surface area contributed by atoms with Crippen LogP contribution in [0.5, 0.6) is 0 Å². The average molecular weight is 249 g/mol. The predicted molar refractivity (Wildman–Crippen MR) is 60.3 cm³/mol. The van der Waals surface area contributed by atoms with Gasteiger partial charge in [-0.3, -0.25) is 4.28 Å². The second kappa shape index (κ2) is 5.31. The normalized spacial score (nSPS) is 9.88. The quantitative estimate of drug-likeness (QED) is 0.651. The minimum Gasteiger partial charge on any atom is -0.478 e. The summed E-state index contributed by atoms with van der Waals surface area (Å²) in [5.74, 6) is -0.979. The maximum Gasteiger partial charge on any atom is 0.336 e. The average Bonchev–Trinajstić information content (AvgIpc) is 2.38. The second-order valence-corrected chi connectivity index (χ2v) is 3.83. The topological polar surface area (TPSA) is 63.3 Å². The SMILES string of the molecule is O=C(O)c1ccccc1SO[n+]1cccnc1. The van der Waals surface area contributed by atoms with E-state index in [4.69, 9.17) is 9.39 Å². The monoisotopic (exact) mass is 249 g/mol. The number of nitrogens with zero attached hydrogens (tertiary/aromatic N) is 2. The molecule has 0 aliphatic rings. The number of aromatic carboxylic acids is 1. The van der Waals surface area contributed by atoms with Gasteiger partial charge in [-0.25, -0.2) is 4.79 Å². The first-order valence-corrected chi connectivity index (χ1v) is 5.50. The Balaban J connectivity index is 2.12. The van der Waals surface area contributed by atoms with Gasteiger partial charge in [-0.05, 0) is 16.9 Å². The Morgan fingerprint density at radius 3 is 2.88 bits per heavy atom. The largest absolute Gasteiger partial charge is 0.478 e. The molecule has 17 heavy (non-hydrogen) atoms. The molecule has 0 unspecified atom stereocenters. The van der Waals surface area contributed by atoms with Gasteiger partial charge in [0.2, 0.25) is 0 Å². The number of carbonyl (C=O) groups is 1. The molecule has 86 valence electrons. The summed E-state index contributed by atoms with van der Waals surface area (Å²) in [6.45, 7) is 0. The van der Waals surface area contributed by atoms with Crippen LogP contribution in [0.2, 0.25) is 0 Å². The van der Waals surface area contributed by atoms with Gasteiger partial charge in [0.05, 0.1) is 10.5 Å². The number of hydrogen-bond acceptors (Lipinski definition) is 4. The van der Waals surface area contributed by atoms with E-state index in [0.29, 0.717) is 4.90 Å². The number of benzene rings is 1. The molecule has 0 spiro atoms. The first-order chi connectivity index (χ1) is 8.27. The lowest BCUT2D eigenvalue weighted by Crippen LogP contribution is -2.38. The van der Waals surface area contributed by atoms with Gasteiger partial charge < -0.3 is 5.11 Å². The van der Waals surface area contributed by atoms with Gasteiger partial charge in [-0.1, -0.05) is 17.1 Å². The van der Waals surface area contributed by atoms with Crippen LogP contribution in [-0.2, 0) is 0 Å². The van der Waals surface area contributed by atoms with E-state index in [1.54, 1.807) is 36.7 Å². The molecule has 0 saturated heterocycles. The molecule has 2 aromatic rings. The minimum atomic E-state index is -0.979. The van der Waals surface area contributed by atoms with Crippen LogP contribution < -0.4 is 9.01 Å². The zero-order valence-corrected chi connectivity index (χ0v) is 9.50. The smallest absolute Gasteiger partial charge is 0.336 e. The van der Waals surface area contributed by atoms with Crippen LogP contribution in [0.3, 0.4) is 0 Å². The zero-order valence-electron chi connectivity index (χ0n) is 8.69. The molecule has 1 N–H and O–H groups in total. The van der Waals surface area contributed by atoms with E-state index >= 15 is 0 Å². The van der Waals surface area contributed by atoms with E-state index in [2.05, 4.69) is 4.98 Å². The van der Waals surface area contributed by atoms with E-state index in [0.717, 1.165) is 12.0 Å². The van der Waals surface area contributed by atoms with Crippen LogP contribution >= 0.6 is 12.0 Å². The van der Waals surface area contributed by atoms with Gasteiger partial charge in [-0.2, -0.15) is 0 Å². The maximum absolute atomic E-state index is 10.9. The van der Waals surface area contributed by atoms with Crippen LogP contribution in [0.15, 0.2) is 53.9 Å². The van der Waals surface area contributed by atoms with E-state index in [9.17, 15) is 4.79 Å². The summed E-state index contributed by atoms with van der Waals surface area (Å²) in [5.41, 5.74) is 0.210. The van der Waals surface area contributed by atoms with Crippen molar-refractivity contribution in [1.82, 2.24) is 4.98 Å². The third-order valence-corrected chi connectivity index (χ3v) is 2.70. The highest BCUT2D eigenvalue weighted by molar-refractivity contribution is 7.94. The molecule has 0 bridgehead atoms. The summed E-state index contributed by atoms with van der Waals surface area (Å²) in [5, 5.41) is 8.97. The maximum atomic E-state index is 10.9. The predicted octanol–water partition coefficient (Wildman–Crippen LogP) is 1.20. The van der Waals surface area contributed by atoms with Crippen molar-refractivity contribution in [3.8, 4) is 0 Å². The molecule has 0 amide bonds. The lowest BCUT2D eigenvalue weighted by Gasteiger charge is -2.02. The van der Waals surface area contributed by atoms with Crippen molar-refractivity contribution in [3.05, 3.63) is 54.6 Å². The first kappa shape index (κ1) is 11.4. The molecule has 0 atom stereocenters. The molecule has 0 radical (unpaired) electrons. The van der Waals surface area contributed by atoms with Crippen molar-refractivity contribution in [2.75, 3.05) is 0 Å². The van der Waals surface area contributed by atoms with Crippen LogP contribution in [0.1, 0.15) is 10.4 Å². The molecule has 0 aliphatic heterocycles. The number of hydrogen-bond donors (Lipinski definition) is 1. The Labute approximate surface area is 102 Å². The first-order valence-electron chi connectivity index (χ1n) is 4.76. The van der Waals surface area contributed by atoms with E-state index in [-0.39, 0.29) is 5.56 Å². The Bertz CT molecular complexity index is 519. The lowest BCUT2D eigenvalue weighted by molar-refractivity contribution is -0.855. The molecule has 0 aliphatic carbocycles. The molecular weight excluding hydrogens is 240 g/mol. The fourth-order valence-corrected chi connectivity index (χ4v) is 1.79. The van der Waals surface area contributed by atoms with Crippen molar-refractivity contribution in [3.63, 3.8) is 0 Å². The summed E-state index contributed by atoms with van der Waals surface area (Å²) < 4.78 is 6.68. The summed E-state index contributed by atoms with van der Waals surface area (Å²) in [6.07, 6.45) is 4.77. The minimum absolute atomic E-state index is 0.210. The van der Waals surface area contributed by atoms with Gasteiger partial charge in [0.1, 0.15) is 12.4 Å². The molecular formula is C11H9N2O3S+. The van der Waals surface area contributed by atoms with Crippen molar-refractivity contribution < 1.29 is 18.9 Å². The van der Waals surface area contributed by atoms with Crippen molar-refractivity contribution >= 4 is 18.0 Å². The third-order valence-electron chi connectivity index (χ3n) is 1.92. The Hall–Kier alpha value is -2.08. The summed E-state index contributed by atoms with van der Waals surface area (Å²) in [7, 11) is 0. The highest BCUT2D eigenvalue weighted by Crippen LogP contribution is 2.20. The Morgan fingerprint density at radius 2 is 2.18 bits per heavy atom. The van der Waals surface area contributed by atoms with Crippen LogP contribution in [0.4, 0.5) is 0 Å². The van der Waals surface area contributed by atoms with Gasteiger partial charge in [0.25, 0.3) is 0 Å². The molecule has 5 nitrogen and oxygen atoms in total. The van der Waals surface area contributed by atoms with Gasteiger partial charge >= 0.3 is 12.3 Å². The zero-order chi connectivity index (χ0) is 12.1. The third kappa shape index (κ3) is 2.94. The number of aromatic nitrogens is 2. The summed E-state index contributed by atoms with van der Waals surface area (Å²) in [6, 6.07) is 8.35. The highest BCUT2D eigenvalue weighted by atomic mass is 32.2. The molecule has 1 aromatic carbocycles. The van der Waals surface area contributed by atoms with E-state index in [1.165, 1.54) is 17.1 Å². The highest BCUT2D eigenvalue weighted by Gasteiger charge is 2.11. The summed E-state index contributed by atoms with van der Waals surface area (Å²) in [4.78, 5) is 15.3. The van der Waals surface area contributed by atoms with Gasteiger partial charge in [0.15, 0.2) is 12.0 Å². The molecule has 0 fully saturated rings. The van der Waals surface area contributed by atoms with Crippen LogP contribution in [-0.4, -0.2) is 16.1 Å². The van der Waals surface area contributed by atoms with E-state index in [1.807, 2.05) is 0 Å². The van der Waals surface area contributed by atoms with E-state index < -0.39 is 5.97 Å². The van der Waals surface area contributed by atoms with Gasteiger partial charge in [0, 0.05) is 6.07 Å². The molecule has 6 heteroatoms. The lowest BCUT2D eigenvalue weighted by atomic mass is 10.2. The van der Waals surface area contributed by atoms with Crippen LogP contribution in [0.25, 0.3) is 0 Å². The number of carboxylic acids is 1. The van der Waals surface area contributed by atoms with Gasteiger partial charge in [-0.15, -0.1) is 0 Å². The molecule has 2 rings (SSSR count). The van der Waals surface area contributed by atoms with Crippen molar-refractivity contribution in [2.24, 2.45) is 0 Å². The van der Waals surface area contributed by atoms with Crippen molar-refractivity contribution in [2.45, 2.75) is 4.90 Å². The standard InChI is InChI=1S/C11H8N2O3S/c14-11(15)9-4-1-2-5-10(9)17-16-13-7-3-6-12-8-13/h1-8H/p+1. The van der Waals surface area contributed by atoms with Crippen molar-refractivity contribution in [1.29, 1.82) is 0 Å². The molecule has 1 heterocycles. The van der Waals surface area contributed by atoms with Crippen LogP contribution in [0, 0.1) is 0 Å². The fourth-order valence-electron chi connectivity index (χ4n) is 1.16. The summed E-state index contributed by atoms with van der Waals surface area (Å²) >= 11 is 0.971. The molecule has 0 saturated carbocycles. The second-order valence-electron chi connectivity index (χ2n) is 3.07. The Morgan fingerprint density at radius 1 is 1.35 bits per heavy atom. The Kier molecular flexibility index (Phi) is 3.56.